The minimum Gasteiger partial charge on any atom is -0.336 e. The van der Waals surface area contributed by atoms with Gasteiger partial charge >= 0.3 is 0 Å². The molecule has 2 heterocycles. The van der Waals surface area contributed by atoms with E-state index in [1.165, 1.54) is 0 Å². The highest BCUT2D eigenvalue weighted by Crippen LogP contribution is 2.19. The third-order valence-electron chi connectivity index (χ3n) is 5.18. The zero-order valence-electron chi connectivity index (χ0n) is 15.1. The summed E-state index contributed by atoms with van der Waals surface area (Å²) in [5.74, 6) is 0.201. The van der Waals surface area contributed by atoms with Gasteiger partial charge in [-0.3, -0.25) is 9.59 Å². The van der Waals surface area contributed by atoms with Crippen LogP contribution in [0.4, 0.5) is 5.69 Å². The van der Waals surface area contributed by atoms with E-state index in [0.29, 0.717) is 11.6 Å². The normalized spacial score (nSPS) is 24.8. The second kappa shape index (κ2) is 7.97. The van der Waals surface area contributed by atoms with E-state index in [2.05, 4.69) is 29.5 Å². The molecule has 2 aliphatic rings. The van der Waals surface area contributed by atoms with Gasteiger partial charge in [-0.2, -0.15) is 0 Å². The minimum atomic E-state index is 0.0582. The van der Waals surface area contributed by atoms with E-state index in [-0.39, 0.29) is 17.7 Å². The summed E-state index contributed by atoms with van der Waals surface area (Å²) in [4.78, 5) is 29.0. The van der Waals surface area contributed by atoms with E-state index in [1.54, 1.807) is 12.1 Å². The van der Waals surface area contributed by atoms with Crippen molar-refractivity contribution in [3.63, 3.8) is 0 Å². The largest absolute Gasteiger partial charge is 0.336 e. The molecule has 0 saturated carbocycles. The summed E-state index contributed by atoms with van der Waals surface area (Å²) >= 11 is 0. The van der Waals surface area contributed by atoms with Crippen LogP contribution in [0.15, 0.2) is 24.3 Å². The Hall–Kier alpha value is -1.92. The van der Waals surface area contributed by atoms with Gasteiger partial charge < -0.3 is 20.4 Å². The number of amides is 2. The highest BCUT2D eigenvalue weighted by Gasteiger charge is 2.25. The maximum Gasteiger partial charge on any atom is 0.253 e. The van der Waals surface area contributed by atoms with E-state index >= 15 is 0 Å². The fourth-order valence-electron chi connectivity index (χ4n) is 3.50. The van der Waals surface area contributed by atoms with Crippen LogP contribution in [-0.2, 0) is 4.79 Å². The number of benzene rings is 1. The highest BCUT2D eigenvalue weighted by molar-refractivity contribution is 5.96. The first-order chi connectivity index (χ1) is 12.0. The number of hydrogen-bond acceptors (Lipinski definition) is 4. The number of nitrogens with zero attached hydrogens (tertiary/aromatic N) is 2. The van der Waals surface area contributed by atoms with Gasteiger partial charge in [0.05, 0.1) is 0 Å². The Morgan fingerprint density at radius 3 is 2.44 bits per heavy atom. The first-order valence-electron chi connectivity index (χ1n) is 9.15. The molecule has 0 radical (unpaired) electrons. The number of piperazine rings is 1. The zero-order valence-corrected chi connectivity index (χ0v) is 15.1. The summed E-state index contributed by atoms with van der Waals surface area (Å²) in [7, 11) is 2.07. The molecular weight excluding hydrogens is 316 g/mol. The maximum absolute atomic E-state index is 12.5. The number of likely N-dealkylation sites (N-methyl/N-ethyl adjacent to an activating group) is 1. The SMILES string of the molecule is C[C@H]1C[C@@H](C(=O)Nc2ccc(C(=O)N3CCN(C)CC3)cc2)CCN1. The van der Waals surface area contributed by atoms with Crippen molar-refractivity contribution < 1.29 is 9.59 Å². The van der Waals surface area contributed by atoms with Crippen molar-refractivity contribution in [2.75, 3.05) is 45.1 Å². The predicted molar refractivity (Wildman–Crippen MR) is 98.7 cm³/mol. The van der Waals surface area contributed by atoms with E-state index in [4.69, 9.17) is 0 Å². The summed E-state index contributed by atoms with van der Waals surface area (Å²) in [5, 5.41) is 6.34. The van der Waals surface area contributed by atoms with Crippen molar-refractivity contribution in [1.82, 2.24) is 15.1 Å². The molecule has 6 nitrogen and oxygen atoms in total. The summed E-state index contributed by atoms with van der Waals surface area (Å²) in [5.41, 5.74) is 1.43. The third kappa shape index (κ3) is 4.58. The molecule has 0 bridgehead atoms. The van der Waals surface area contributed by atoms with Gasteiger partial charge in [0.1, 0.15) is 0 Å². The maximum atomic E-state index is 12.5. The first kappa shape index (κ1) is 17.9. The molecule has 0 spiro atoms. The van der Waals surface area contributed by atoms with Crippen LogP contribution in [0.5, 0.6) is 0 Å². The lowest BCUT2D eigenvalue weighted by Crippen LogP contribution is -2.47. The second-order valence-corrected chi connectivity index (χ2v) is 7.24. The quantitative estimate of drug-likeness (QED) is 0.870. The average molecular weight is 344 g/mol. The molecule has 2 N–H and O–H groups in total. The topological polar surface area (TPSA) is 64.7 Å². The Morgan fingerprint density at radius 2 is 1.80 bits per heavy atom. The van der Waals surface area contributed by atoms with Crippen LogP contribution in [-0.4, -0.2) is 67.4 Å². The van der Waals surface area contributed by atoms with Gasteiger partial charge in [-0.1, -0.05) is 0 Å². The molecule has 136 valence electrons. The van der Waals surface area contributed by atoms with Crippen LogP contribution in [0, 0.1) is 5.92 Å². The van der Waals surface area contributed by atoms with Gasteiger partial charge in [-0.25, -0.2) is 0 Å². The van der Waals surface area contributed by atoms with Crippen molar-refractivity contribution in [2.45, 2.75) is 25.8 Å². The first-order valence-corrected chi connectivity index (χ1v) is 9.15. The molecule has 2 saturated heterocycles. The van der Waals surface area contributed by atoms with Crippen LogP contribution in [0.2, 0.25) is 0 Å². The van der Waals surface area contributed by atoms with Gasteiger partial charge in [0.25, 0.3) is 5.91 Å². The molecule has 1 aromatic carbocycles. The van der Waals surface area contributed by atoms with E-state index in [1.807, 2.05) is 17.0 Å². The number of hydrogen-bond donors (Lipinski definition) is 2. The molecule has 2 fully saturated rings. The van der Waals surface area contributed by atoms with Crippen LogP contribution < -0.4 is 10.6 Å². The molecule has 1 aromatic rings. The summed E-state index contributed by atoms with van der Waals surface area (Å²) in [6, 6.07) is 7.65. The Labute approximate surface area is 149 Å². The molecular formula is C19H28N4O2. The smallest absolute Gasteiger partial charge is 0.253 e. The van der Waals surface area contributed by atoms with Crippen molar-refractivity contribution >= 4 is 17.5 Å². The summed E-state index contributed by atoms with van der Waals surface area (Å²) < 4.78 is 0. The zero-order chi connectivity index (χ0) is 17.8. The molecule has 0 unspecified atom stereocenters. The van der Waals surface area contributed by atoms with Gasteiger partial charge in [0.2, 0.25) is 5.91 Å². The van der Waals surface area contributed by atoms with Crippen LogP contribution >= 0.6 is 0 Å². The van der Waals surface area contributed by atoms with Crippen molar-refractivity contribution in [1.29, 1.82) is 0 Å². The molecule has 0 aliphatic carbocycles. The third-order valence-corrected chi connectivity index (χ3v) is 5.18. The van der Waals surface area contributed by atoms with Gasteiger partial charge in [0.15, 0.2) is 0 Å². The average Bonchev–Trinajstić information content (AvgIpc) is 2.62. The Kier molecular flexibility index (Phi) is 5.71. The molecule has 2 atom stereocenters. The Bertz CT molecular complexity index is 608. The number of piperidine rings is 1. The number of rotatable bonds is 3. The minimum absolute atomic E-state index is 0.0582. The molecule has 0 aromatic heterocycles. The lowest BCUT2D eigenvalue weighted by Gasteiger charge is -2.32. The molecule has 2 amide bonds. The highest BCUT2D eigenvalue weighted by atomic mass is 16.2. The molecule has 3 rings (SSSR count). The Morgan fingerprint density at radius 1 is 1.12 bits per heavy atom. The molecule has 6 heteroatoms. The molecule has 25 heavy (non-hydrogen) atoms. The van der Waals surface area contributed by atoms with Crippen LogP contribution in [0.3, 0.4) is 0 Å². The fraction of sp³-hybridized carbons (Fsp3) is 0.579. The lowest BCUT2D eigenvalue weighted by molar-refractivity contribution is -0.120. The van der Waals surface area contributed by atoms with Crippen LogP contribution in [0.1, 0.15) is 30.1 Å². The van der Waals surface area contributed by atoms with Crippen molar-refractivity contribution in [3.8, 4) is 0 Å². The van der Waals surface area contributed by atoms with E-state index in [0.717, 1.165) is 51.3 Å². The van der Waals surface area contributed by atoms with E-state index < -0.39 is 0 Å². The Balaban J connectivity index is 1.56. The van der Waals surface area contributed by atoms with Gasteiger partial charge in [-0.15, -0.1) is 0 Å². The monoisotopic (exact) mass is 344 g/mol. The number of carbonyl (C=O) groups excluding carboxylic acids is 2. The second-order valence-electron chi connectivity index (χ2n) is 7.24. The standard InChI is InChI=1S/C19H28N4O2/c1-14-13-16(7-8-20-14)18(24)21-17-5-3-15(4-6-17)19(25)23-11-9-22(2)10-12-23/h3-6,14,16,20H,7-13H2,1-2H3,(H,21,24)/t14-,16-/m0/s1. The van der Waals surface area contributed by atoms with Crippen LogP contribution in [0.25, 0.3) is 0 Å². The van der Waals surface area contributed by atoms with Crippen molar-refractivity contribution in [3.05, 3.63) is 29.8 Å². The lowest BCUT2D eigenvalue weighted by atomic mass is 9.92. The van der Waals surface area contributed by atoms with Crippen molar-refractivity contribution in [2.24, 2.45) is 5.92 Å². The molecule has 2 aliphatic heterocycles. The predicted octanol–water partition coefficient (Wildman–Crippen LogP) is 1.40. The summed E-state index contributed by atoms with van der Waals surface area (Å²) in [6.45, 7) is 6.35. The van der Waals surface area contributed by atoms with Gasteiger partial charge in [0, 0.05) is 49.4 Å². The number of nitrogens with one attached hydrogen (secondary N) is 2. The van der Waals surface area contributed by atoms with E-state index in [9.17, 15) is 9.59 Å². The summed E-state index contributed by atoms with van der Waals surface area (Å²) in [6.07, 6.45) is 1.74. The van der Waals surface area contributed by atoms with Gasteiger partial charge in [-0.05, 0) is 57.6 Å². The number of carbonyl (C=O) groups is 2. The number of anilines is 1. The fourth-order valence-corrected chi connectivity index (χ4v) is 3.50.